The van der Waals surface area contributed by atoms with Gasteiger partial charge in [0.1, 0.15) is 0 Å². The molecule has 0 radical (unpaired) electrons. The van der Waals surface area contributed by atoms with Gasteiger partial charge >= 0.3 is 0 Å². The zero-order chi connectivity index (χ0) is 14.0. The van der Waals surface area contributed by atoms with Crippen LogP contribution >= 0.6 is 38.5 Å². The Morgan fingerprint density at radius 3 is 2.89 bits per heavy atom. The maximum absolute atomic E-state index is 12.4. The number of hydrogen-bond acceptors (Lipinski definition) is 2. The van der Waals surface area contributed by atoms with E-state index in [1.807, 2.05) is 31.4 Å². The van der Waals surface area contributed by atoms with Crippen LogP contribution < -0.4 is 0 Å². The minimum absolute atomic E-state index is 0.00533. The van der Waals surface area contributed by atoms with Crippen molar-refractivity contribution in [2.75, 3.05) is 7.05 Å². The molecule has 1 aromatic heterocycles. The molecule has 4 nitrogen and oxygen atoms in total. The molecule has 6 heteroatoms. The van der Waals surface area contributed by atoms with E-state index in [9.17, 15) is 4.79 Å². The van der Waals surface area contributed by atoms with Gasteiger partial charge in [-0.1, -0.05) is 0 Å². The molecule has 0 aliphatic heterocycles. The van der Waals surface area contributed by atoms with Gasteiger partial charge in [-0.2, -0.15) is 5.10 Å². The van der Waals surface area contributed by atoms with Gasteiger partial charge in [0.25, 0.3) is 5.91 Å². The van der Waals surface area contributed by atoms with E-state index in [1.165, 1.54) is 0 Å². The van der Waals surface area contributed by atoms with E-state index in [-0.39, 0.29) is 5.91 Å². The van der Waals surface area contributed by atoms with Crippen LogP contribution in [-0.2, 0) is 13.6 Å². The van der Waals surface area contributed by atoms with Crippen molar-refractivity contribution in [3.8, 4) is 0 Å². The molecule has 0 N–H and O–H groups in total. The van der Waals surface area contributed by atoms with Crippen LogP contribution in [0.25, 0.3) is 0 Å². The molecule has 100 valence electrons. The Balaban J connectivity index is 2.16. The Bertz CT molecular complexity index is 612. The molecule has 0 saturated heterocycles. The monoisotopic (exact) mass is 433 g/mol. The second-order valence-corrected chi connectivity index (χ2v) is 6.41. The first-order valence-corrected chi connectivity index (χ1v) is 7.52. The standard InChI is InChI=1S/C13H13BrIN3O/c1-17(7-9-6-16-18(2)8-9)13(19)11-5-10(15)3-4-12(11)14/h3-6,8H,7H2,1-2H3. The quantitative estimate of drug-likeness (QED) is 0.697. The summed E-state index contributed by atoms with van der Waals surface area (Å²) in [6.07, 6.45) is 3.68. The third-order valence-electron chi connectivity index (χ3n) is 2.68. The molecule has 2 aromatic rings. The molecule has 0 bridgehead atoms. The van der Waals surface area contributed by atoms with E-state index >= 15 is 0 Å². The number of carbonyl (C=O) groups excluding carboxylic acids is 1. The molecule has 0 aliphatic rings. The first-order chi connectivity index (χ1) is 8.97. The highest BCUT2D eigenvalue weighted by molar-refractivity contribution is 14.1. The third-order valence-corrected chi connectivity index (χ3v) is 4.05. The largest absolute Gasteiger partial charge is 0.337 e. The minimum Gasteiger partial charge on any atom is -0.337 e. The van der Waals surface area contributed by atoms with Crippen molar-refractivity contribution >= 4 is 44.4 Å². The predicted octanol–water partition coefficient (Wildman–Crippen LogP) is 3.06. The molecule has 1 aromatic carbocycles. The number of halogens is 2. The smallest absolute Gasteiger partial charge is 0.255 e. The Labute approximate surface area is 134 Å². The Kier molecular flexibility index (Phi) is 4.62. The Hall–Kier alpha value is -0.890. The lowest BCUT2D eigenvalue weighted by atomic mass is 10.2. The number of hydrogen-bond donors (Lipinski definition) is 0. The topological polar surface area (TPSA) is 38.1 Å². The van der Waals surface area contributed by atoms with Crippen LogP contribution in [0.3, 0.4) is 0 Å². The number of carbonyl (C=O) groups is 1. The molecule has 0 atom stereocenters. The maximum Gasteiger partial charge on any atom is 0.255 e. The molecule has 0 fully saturated rings. The summed E-state index contributed by atoms with van der Waals surface area (Å²) < 4.78 is 3.59. The van der Waals surface area contributed by atoms with Crippen LogP contribution in [0, 0.1) is 3.57 Å². The number of aryl methyl sites for hydroxylation is 1. The van der Waals surface area contributed by atoms with Gasteiger partial charge < -0.3 is 4.90 Å². The average Bonchev–Trinajstić information content (AvgIpc) is 2.77. The van der Waals surface area contributed by atoms with E-state index in [1.54, 1.807) is 22.8 Å². The van der Waals surface area contributed by atoms with Gasteiger partial charge in [-0.3, -0.25) is 9.48 Å². The summed E-state index contributed by atoms with van der Waals surface area (Å²) in [7, 11) is 3.66. The summed E-state index contributed by atoms with van der Waals surface area (Å²) >= 11 is 5.62. The first-order valence-electron chi connectivity index (χ1n) is 5.65. The third kappa shape index (κ3) is 3.56. The van der Waals surface area contributed by atoms with Crippen LogP contribution in [0.1, 0.15) is 15.9 Å². The summed E-state index contributed by atoms with van der Waals surface area (Å²) in [5, 5.41) is 4.10. The van der Waals surface area contributed by atoms with Crippen LogP contribution in [0.5, 0.6) is 0 Å². The molecule has 19 heavy (non-hydrogen) atoms. The van der Waals surface area contributed by atoms with Crippen LogP contribution in [-0.4, -0.2) is 27.6 Å². The zero-order valence-corrected chi connectivity index (χ0v) is 14.3. The lowest BCUT2D eigenvalue weighted by Gasteiger charge is -2.17. The van der Waals surface area contributed by atoms with Gasteiger partial charge in [0.2, 0.25) is 0 Å². The molecule has 0 saturated carbocycles. The maximum atomic E-state index is 12.4. The van der Waals surface area contributed by atoms with Crippen LogP contribution in [0.4, 0.5) is 0 Å². The van der Waals surface area contributed by atoms with Gasteiger partial charge in [-0.25, -0.2) is 0 Å². The molecule has 1 heterocycles. The van der Waals surface area contributed by atoms with Crippen molar-refractivity contribution < 1.29 is 4.79 Å². The predicted molar refractivity (Wildman–Crippen MR) is 85.9 cm³/mol. The Morgan fingerprint density at radius 2 is 2.26 bits per heavy atom. The fourth-order valence-corrected chi connectivity index (χ4v) is 2.67. The highest BCUT2D eigenvalue weighted by Gasteiger charge is 2.16. The summed E-state index contributed by atoms with van der Waals surface area (Å²) in [6, 6.07) is 5.74. The average molecular weight is 434 g/mol. The molecule has 0 spiro atoms. The van der Waals surface area contributed by atoms with Crippen LogP contribution in [0.2, 0.25) is 0 Å². The molecular weight excluding hydrogens is 421 g/mol. The first kappa shape index (κ1) is 14.5. The molecular formula is C13H13BrIN3O. The van der Waals surface area contributed by atoms with Gasteiger partial charge in [0, 0.05) is 40.4 Å². The van der Waals surface area contributed by atoms with Crippen molar-refractivity contribution in [1.29, 1.82) is 0 Å². The normalized spacial score (nSPS) is 10.5. The van der Waals surface area contributed by atoms with Crippen molar-refractivity contribution in [2.24, 2.45) is 7.05 Å². The van der Waals surface area contributed by atoms with E-state index in [0.29, 0.717) is 12.1 Å². The summed E-state index contributed by atoms with van der Waals surface area (Å²) in [4.78, 5) is 14.1. The number of benzene rings is 1. The van der Waals surface area contributed by atoms with Gasteiger partial charge in [-0.15, -0.1) is 0 Å². The fourth-order valence-electron chi connectivity index (χ4n) is 1.77. The van der Waals surface area contributed by atoms with E-state index in [2.05, 4.69) is 43.6 Å². The van der Waals surface area contributed by atoms with Crippen molar-refractivity contribution in [3.63, 3.8) is 0 Å². The lowest BCUT2D eigenvalue weighted by molar-refractivity contribution is 0.0784. The molecule has 2 rings (SSSR count). The lowest BCUT2D eigenvalue weighted by Crippen LogP contribution is -2.26. The number of amides is 1. The molecule has 0 aliphatic carbocycles. The van der Waals surface area contributed by atoms with Crippen LogP contribution in [0.15, 0.2) is 35.1 Å². The van der Waals surface area contributed by atoms with Crippen molar-refractivity contribution in [1.82, 2.24) is 14.7 Å². The molecule has 1 amide bonds. The van der Waals surface area contributed by atoms with Crippen molar-refractivity contribution in [2.45, 2.75) is 6.54 Å². The minimum atomic E-state index is -0.00533. The SMILES string of the molecule is CN(Cc1cnn(C)c1)C(=O)c1cc(I)ccc1Br. The molecule has 0 unspecified atom stereocenters. The highest BCUT2D eigenvalue weighted by Crippen LogP contribution is 2.21. The second kappa shape index (κ2) is 6.04. The summed E-state index contributed by atoms with van der Waals surface area (Å²) in [5.41, 5.74) is 1.69. The highest BCUT2D eigenvalue weighted by atomic mass is 127. The van der Waals surface area contributed by atoms with Gasteiger partial charge in [0.05, 0.1) is 11.8 Å². The number of nitrogens with zero attached hydrogens (tertiary/aromatic N) is 3. The van der Waals surface area contributed by atoms with E-state index in [0.717, 1.165) is 13.6 Å². The van der Waals surface area contributed by atoms with Gasteiger partial charge in [-0.05, 0) is 56.7 Å². The van der Waals surface area contributed by atoms with Crippen molar-refractivity contribution in [3.05, 3.63) is 49.8 Å². The zero-order valence-electron chi connectivity index (χ0n) is 10.6. The Morgan fingerprint density at radius 1 is 1.53 bits per heavy atom. The fraction of sp³-hybridized carbons (Fsp3) is 0.231. The van der Waals surface area contributed by atoms with Gasteiger partial charge in [0.15, 0.2) is 0 Å². The van der Waals surface area contributed by atoms with E-state index in [4.69, 9.17) is 0 Å². The number of aromatic nitrogens is 2. The second-order valence-electron chi connectivity index (χ2n) is 4.31. The van der Waals surface area contributed by atoms with E-state index < -0.39 is 0 Å². The summed E-state index contributed by atoms with van der Waals surface area (Å²) in [6.45, 7) is 0.546. The summed E-state index contributed by atoms with van der Waals surface area (Å²) in [5.74, 6) is -0.00533. The number of rotatable bonds is 3.